The molecular weight excluding hydrogens is 532 g/mol. The molecule has 0 aliphatic carbocycles. The van der Waals surface area contributed by atoms with Crippen LogP contribution in [-0.4, -0.2) is 73.6 Å². The molecule has 0 saturated carbocycles. The molecule has 0 amide bonds. The number of hydrogen-bond acceptors (Lipinski definition) is 7. The van der Waals surface area contributed by atoms with Gasteiger partial charge in [-0.2, -0.15) is 9.41 Å². The van der Waals surface area contributed by atoms with Gasteiger partial charge in [0.1, 0.15) is 0 Å². The van der Waals surface area contributed by atoms with Crippen LogP contribution in [-0.2, 0) is 14.8 Å². The predicted molar refractivity (Wildman–Crippen MR) is 157 cm³/mol. The highest BCUT2D eigenvalue weighted by Crippen LogP contribution is 2.34. The fourth-order valence-electron chi connectivity index (χ4n) is 5.25. The highest BCUT2D eigenvalue weighted by Gasteiger charge is 2.28. The predicted octanol–water partition coefficient (Wildman–Crippen LogP) is 4.08. The molecule has 0 atom stereocenters. The fraction of sp³-hybridized carbons (Fsp3) is 0.500. The Balaban J connectivity index is 1.59. The van der Waals surface area contributed by atoms with Gasteiger partial charge in [-0.1, -0.05) is 0 Å². The van der Waals surface area contributed by atoms with Crippen molar-refractivity contribution < 1.29 is 13.2 Å². The Kier molecular flexibility index (Phi) is 8.14. The minimum absolute atomic E-state index is 0.180. The molecule has 0 spiro atoms. The van der Waals surface area contributed by atoms with E-state index in [-0.39, 0.29) is 6.04 Å². The minimum Gasteiger partial charge on any atom is -0.379 e. The Morgan fingerprint density at radius 1 is 0.974 bits per heavy atom. The summed E-state index contributed by atoms with van der Waals surface area (Å²) < 4.78 is 38.1. The maximum atomic E-state index is 13.6. The van der Waals surface area contributed by atoms with Crippen molar-refractivity contribution in [1.82, 2.24) is 13.5 Å². The second-order valence-electron chi connectivity index (χ2n) is 10.5. The van der Waals surface area contributed by atoms with Crippen molar-refractivity contribution in [3.8, 4) is 5.69 Å². The van der Waals surface area contributed by atoms with E-state index in [0.717, 1.165) is 64.8 Å². The molecule has 4 heterocycles. The summed E-state index contributed by atoms with van der Waals surface area (Å²) in [4.78, 5) is 8.24. The van der Waals surface area contributed by atoms with Crippen molar-refractivity contribution >= 4 is 33.3 Å². The van der Waals surface area contributed by atoms with Crippen LogP contribution in [0.2, 0.25) is 0 Å². The summed E-state index contributed by atoms with van der Waals surface area (Å²) in [6.45, 7) is 13.8. The molecular formula is C28H38N6O3S2. The van der Waals surface area contributed by atoms with Gasteiger partial charge in [-0.25, -0.2) is 13.1 Å². The molecule has 5 rings (SSSR count). The molecule has 2 aliphatic heterocycles. The van der Waals surface area contributed by atoms with Crippen molar-refractivity contribution in [3.05, 3.63) is 57.1 Å². The van der Waals surface area contributed by atoms with E-state index in [9.17, 15) is 8.42 Å². The Hall–Kier alpha value is -2.73. The zero-order chi connectivity index (χ0) is 27.7. The van der Waals surface area contributed by atoms with Gasteiger partial charge in [0, 0.05) is 54.6 Å². The van der Waals surface area contributed by atoms with E-state index in [4.69, 9.17) is 14.8 Å². The van der Waals surface area contributed by atoms with E-state index >= 15 is 0 Å². The highest BCUT2D eigenvalue weighted by molar-refractivity contribution is 7.89. The zero-order valence-corrected chi connectivity index (χ0v) is 25.1. The van der Waals surface area contributed by atoms with Crippen molar-refractivity contribution in [2.24, 2.45) is 10.1 Å². The molecule has 9 nitrogen and oxygen atoms in total. The number of sulfonamides is 1. The second kappa shape index (κ2) is 11.4. The number of ether oxygens (including phenoxy) is 1. The van der Waals surface area contributed by atoms with Crippen LogP contribution < -0.4 is 9.70 Å². The molecule has 0 N–H and O–H groups in total. The van der Waals surface area contributed by atoms with E-state index < -0.39 is 10.0 Å². The lowest BCUT2D eigenvalue weighted by Gasteiger charge is -2.28. The van der Waals surface area contributed by atoms with Crippen LogP contribution in [0.3, 0.4) is 0 Å². The van der Waals surface area contributed by atoms with Gasteiger partial charge in [-0.05, 0) is 71.7 Å². The van der Waals surface area contributed by atoms with Gasteiger partial charge >= 0.3 is 0 Å². The standard InChI is InChI=1S/C28H38N6O3S2/c1-20(2)30-28-34(22(4)19-38-28)29-18-24-16-21(3)33(23(24)5)27-17-25(8-9-26(27)31-10-6-7-11-31)39(35,36)32-12-14-37-15-13-32/h8-9,16-20H,6-7,10-15H2,1-5H3. The van der Waals surface area contributed by atoms with Crippen LogP contribution in [0.5, 0.6) is 0 Å². The number of aromatic nitrogens is 2. The van der Waals surface area contributed by atoms with Crippen LogP contribution in [0.15, 0.2) is 44.6 Å². The van der Waals surface area contributed by atoms with E-state index in [0.29, 0.717) is 31.2 Å². The van der Waals surface area contributed by atoms with Crippen LogP contribution >= 0.6 is 11.3 Å². The lowest BCUT2D eigenvalue weighted by atomic mass is 10.2. The average molecular weight is 571 g/mol. The number of benzene rings is 1. The van der Waals surface area contributed by atoms with Crippen LogP contribution in [0.4, 0.5) is 5.69 Å². The van der Waals surface area contributed by atoms with Crippen molar-refractivity contribution in [2.75, 3.05) is 44.3 Å². The van der Waals surface area contributed by atoms with E-state index in [1.54, 1.807) is 17.4 Å². The number of hydrogen-bond donors (Lipinski definition) is 0. The van der Waals surface area contributed by atoms with Gasteiger partial charge < -0.3 is 14.2 Å². The molecule has 2 aromatic heterocycles. The Labute approximate surface area is 235 Å². The van der Waals surface area contributed by atoms with E-state index in [2.05, 4.69) is 48.6 Å². The third kappa shape index (κ3) is 5.63. The maximum absolute atomic E-state index is 13.6. The van der Waals surface area contributed by atoms with Crippen LogP contribution in [0.1, 0.15) is 49.3 Å². The normalized spacial score (nSPS) is 17.8. The average Bonchev–Trinajstić information content (AvgIpc) is 3.63. The summed E-state index contributed by atoms with van der Waals surface area (Å²) in [5.41, 5.74) is 5.98. The van der Waals surface area contributed by atoms with E-state index in [1.807, 2.05) is 29.9 Å². The maximum Gasteiger partial charge on any atom is 0.243 e. The Morgan fingerprint density at radius 2 is 1.69 bits per heavy atom. The topological polar surface area (TPSA) is 84.4 Å². The number of anilines is 1. The quantitative estimate of drug-likeness (QED) is 0.401. The minimum atomic E-state index is -3.63. The summed E-state index contributed by atoms with van der Waals surface area (Å²) in [7, 11) is -3.63. The first kappa shape index (κ1) is 27.8. The summed E-state index contributed by atoms with van der Waals surface area (Å²) in [5.74, 6) is 0. The Morgan fingerprint density at radius 3 is 2.38 bits per heavy atom. The molecule has 3 aromatic rings. The second-order valence-corrected chi connectivity index (χ2v) is 13.2. The largest absolute Gasteiger partial charge is 0.379 e. The van der Waals surface area contributed by atoms with Gasteiger partial charge in [0.15, 0.2) is 0 Å². The summed E-state index contributed by atoms with van der Waals surface area (Å²) in [5, 5.41) is 6.85. The van der Waals surface area contributed by atoms with Crippen molar-refractivity contribution in [3.63, 3.8) is 0 Å². The monoisotopic (exact) mass is 570 g/mol. The SMILES string of the molecule is Cc1cc(C=Nn2c(C)csc2=NC(C)C)c(C)n1-c1cc(S(=O)(=O)N2CCOCC2)ccc1N1CCCC1. The molecule has 1 aromatic carbocycles. The van der Waals surface area contributed by atoms with Gasteiger partial charge in [-0.3, -0.25) is 4.99 Å². The van der Waals surface area contributed by atoms with Crippen molar-refractivity contribution in [1.29, 1.82) is 0 Å². The number of rotatable bonds is 7. The lowest BCUT2D eigenvalue weighted by Crippen LogP contribution is -2.40. The third-order valence-corrected chi connectivity index (χ3v) is 10.1. The first-order valence-electron chi connectivity index (χ1n) is 13.6. The molecule has 2 fully saturated rings. The molecule has 0 radical (unpaired) electrons. The lowest BCUT2D eigenvalue weighted by molar-refractivity contribution is 0.0730. The molecule has 210 valence electrons. The first-order valence-corrected chi connectivity index (χ1v) is 15.9. The zero-order valence-electron chi connectivity index (χ0n) is 23.4. The summed E-state index contributed by atoms with van der Waals surface area (Å²) in [6, 6.07) is 7.87. The molecule has 2 aliphatic rings. The van der Waals surface area contributed by atoms with Gasteiger partial charge in [0.25, 0.3) is 0 Å². The number of thiazole rings is 1. The molecule has 0 unspecified atom stereocenters. The third-order valence-electron chi connectivity index (χ3n) is 7.24. The van der Waals surface area contributed by atoms with E-state index in [1.165, 1.54) is 4.31 Å². The van der Waals surface area contributed by atoms with Crippen LogP contribution in [0, 0.1) is 20.8 Å². The molecule has 0 bridgehead atoms. The number of aryl methyl sites for hydroxylation is 2. The van der Waals surface area contributed by atoms with Gasteiger partial charge in [-0.15, -0.1) is 11.3 Å². The molecule has 11 heteroatoms. The molecule has 2 saturated heterocycles. The van der Waals surface area contributed by atoms with Crippen LogP contribution in [0.25, 0.3) is 5.69 Å². The summed E-state index contributed by atoms with van der Waals surface area (Å²) >= 11 is 1.58. The van der Waals surface area contributed by atoms with Gasteiger partial charge in [0.2, 0.25) is 14.8 Å². The highest BCUT2D eigenvalue weighted by atomic mass is 32.2. The fourth-order valence-corrected chi connectivity index (χ4v) is 7.62. The molecule has 39 heavy (non-hydrogen) atoms. The number of nitrogens with zero attached hydrogens (tertiary/aromatic N) is 6. The summed E-state index contributed by atoms with van der Waals surface area (Å²) in [6.07, 6.45) is 4.15. The Bertz CT molecular complexity index is 1540. The van der Waals surface area contributed by atoms with Gasteiger partial charge in [0.05, 0.1) is 41.4 Å². The first-order chi connectivity index (χ1) is 18.7. The van der Waals surface area contributed by atoms with Crippen molar-refractivity contribution in [2.45, 2.75) is 58.4 Å². The number of morpholine rings is 1. The smallest absolute Gasteiger partial charge is 0.243 e.